The molecule has 1 aromatic carbocycles. The Kier molecular flexibility index (Phi) is 6.31. The lowest BCUT2D eigenvalue weighted by Crippen LogP contribution is -2.41. The van der Waals surface area contributed by atoms with Crippen LogP contribution in [-0.2, 0) is 0 Å². The summed E-state index contributed by atoms with van der Waals surface area (Å²) in [5, 5.41) is 12.7. The summed E-state index contributed by atoms with van der Waals surface area (Å²) >= 11 is 0. The predicted octanol–water partition coefficient (Wildman–Crippen LogP) is 2.38. The van der Waals surface area contributed by atoms with E-state index in [-0.39, 0.29) is 17.9 Å². The first kappa shape index (κ1) is 18.4. The minimum Gasteiger partial charge on any atom is -0.493 e. The van der Waals surface area contributed by atoms with Crippen molar-refractivity contribution in [2.45, 2.75) is 32.1 Å². The molecular weight excluding hydrogens is 310 g/mol. The normalized spacial score (nSPS) is 16.3. The molecule has 2 rings (SSSR count). The fourth-order valence-electron chi connectivity index (χ4n) is 3.27. The Hall–Kier alpha value is -1.95. The maximum Gasteiger partial charge on any atom is 0.251 e. The lowest BCUT2D eigenvalue weighted by atomic mass is 9.74. The molecule has 1 aliphatic carbocycles. The number of methoxy groups -OCH3 is 3. The number of carbonyl (C=O) groups excluding carboxylic acids is 1. The molecule has 0 spiro atoms. The van der Waals surface area contributed by atoms with Crippen LogP contribution in [0, 0.1) is 5.41 Å². The van der Waals surface area contributed by atoms with E-state index >= 15 is 0 Å². The first-order valence-electron chi connectivity index (χ1n) is 8.28. The number of carbonyl (C=O) groups is 1. The predicted molar refractivity (Wildman–Crippen MR) is 91.0 cm³/mol. The molecule has 6 heteroatoms. The van der Waals surface area contributed by atoms with Crippen molar-refractivity contribution >= 4 is 5.91 Å². The van der Waals surface area contributed by atoms with Gasteiger partial charge >= 0.3 is 0 Å². The maximum atomic E-state index is 12.5. The number of amides is 1. The molecule has 6 nitrogen and oxygen atoms in total. The summed E-state index contributed by atoms with van der Waals surface area (Å²) in [5.41, 5.74) is 0.238. The van der Waals surface area contributed by atoms with E-state index in [2.05, 4.69) is 5.32 Å². The first-order chi connectivity index (χ1) is 11.6. The van der Waals surface area contributed by atoms with Crippen molar-refractivity contribution in [2.75, 3.05) is 34.5 Å². The van der Waals surface area contributed by atoms with Crippen LogP contribution in [0.5, 0.6) is 17.2 Å². The van der Waals surface area contributed by atoms with Crippen LogP contribution < -0.4 is 19.5 Å². The zero-order valence-electron chi connectivity index (χ0n) is 14.7. The minimum absolute atomic E-state index is 0.0997. The molecule has 0 unspecified atom stereocenters. The van der Waals surface area contributed by atoms with E-state index in [1.165, 1.54) is 27.8 Å². The van der Waals surface area contributed by atoms with Gasteiger partial charge in [0, 0.05) is 17.5 Å². The maximum absolute atomic E-state index is 12.5. The van der Waals surface area contributed by atoms with Crippen LogP contribution in [0.15, 0.2) is 12.1 Å². The molecule has 1 fully saturated rings. The molecule has 1 saturated carbocycles. The zero-order chi connectivity index (χ0) is 17.6. The Balaban J connectivity index is 2.14. The SMILES string of the molecule is COc1cc(C(=O)NCC2(CO)CCCCC2)cc(OC)c1OC. The van der Waals surface area contributed by atoms with Gasteiger partial charge in [0.15, 0.2) is 11.5 Å². The van der Waals surface area contributed by atoms with Crippen LogP contribution >= 0.6 is 0 Å². The summed E-state index contributed by atoms with van der Waals surface area (Å²) in [6.07, 6.45) is 5.28. The summed E-state index contributed by atoms with van der Waals surface area (Å²) in [6, 6.07) is 3.26. The van der Waals surface area contributed by atoms with Crippen LogP contribution in [0.2, 0.25) is 0 Å². The average molecular weight is 337 g/mol. The average Bonchev–Trinajstić information content (AvgIpc) is 2.65. The third-order valence-electron chi connectivity index (χ3n) is 4.80. The Morgan fingerprint density at radius 1 is 1.08 bits per heavy atom. The fourth-order valence-corrected chi connectivity index (χ4v) is 3.27. The number of hydrogen-bond acceptors (Lipinski definition) is 5. The number of aliphatic hydroxyl groups excluding tert-OH is 1. The van der Waals surface area contributed by atoms with Crippen molar-refractivity contribution < 1.29 is 24.1 Å². The molecule has 1 aliphatic rings. The molecule has 24 heavy (non-hydrogen) atoms. The second-order valence-electron chi connectivity index (χ2n) is 6.32. The van der Waals surface area contributed by atoms with E-state index in [9.17, 15) is 9.90 Å². The summed E-state index contributed by atoms with van der Waals surface area (Å²) in [6.45, 7) is 0.571. The number of rotatable bonds is 7. The molecule has 0 atom stereocenters. The molecule has 0 radical (unpaired) electrons. The molecule has 0 aromatic heterocycles. The lowest BCUT2D eigenvalue weighted by Gasteiger charge is -2.35. The molecule has 0 bridgehead atoms. The van der Waals surface area contributed by atoms with Crippen LogP contribution in [0.4, 0.5) is 0 Å². The Morgan fingerprint density at radius 2 is 1.67 bits per heavy atom. The highest BCUT2D eigenvalue weighted by atomic mass is 16.5. The lowest BCUT2D eigenvalue weighted by molar-refractivity contribution is 0.0717. The van der Waals surface area contributed by atoms with Crippen molar-refractivity contribution in [1.29, 1.82) is 0 Å². The second-order valence-corrected chi connectivity index (χ2v) is 6.32. The van der Waals surface area contributed by atoms with Crippen molar-refractivity contribution in [3.05, 3.63) is 17.7 Å². The third kappa shape index (κ3) is 3.93. The summed E-state index contributed by atoms with van der Waals surface area (Å²) in [5.74, 6) is 1.12. The monoisotopic (exact) mass is 337 g/mol. The van der Waals surface area contributed by atoms with Gasteiger partial charge in [-0.3, -0.25) is 4.79 Å². The number of nitrogens with one attached hydrogen (secondary N) is 1. The second kappa shape index (κ2) is 8.24. The fraction of sp³-hybridized carbons (Fsp3) is 0.611. The van der Waals surface area contributed by atoms with Crippen molar-refractivity contribution in [3.8, 4) is 17.2 Å². The minimum atomic E-state index is -0.215. The van der Waals surface area contributed by atoms with Gasteiger partial charge in [-0.15, -0.1) is 0 Å². The smallest absolute Gasteiger partial charge is 0.251 e. The Morgan fingerprint density at radius 3 is 2.12 bits per heavy atom. The topological polar surface area (TPSA) is 77.0 Å². The van der Waals surface area contributed by atoms with E-state index < -0.39 is 0 Å². The van der Waals surface area contributed by atoms with Gasteiger partial charge in [0.2, 0.25) is 5.75 Å². The van der Waals surface area contributed by atoms with Gasteiger partial charge in [-0.05, 0) is 25.0 Å². The molecule has 0 aliphatic heterocycles. The van der Waals surface area contributed by atoms with Gasteiger partial charge in [0.05, 0.1) is 27.9 Å². The van der Waals surface area contributed by atoms with Gasteiger partial charge in [0.1, 0.15) is 0 Å². The van der Waals surface area contributed by atoms with E-state index in [1.807, 2.05) is 0 Å². The first-order valence-corrected chi connectivity index (χ1v) is 8.28. The standard InChI is InChI=1S/C18H27NO5/c1-22-14-9-13(10-15(23-2)16(14)24-3)17(21)19-11-18(12-20)7-5-4-6-8-18/h9-10,20H,4-8,11-12H2,1-3H3,(H,19,21). The van der Waals surface area contributed by atoms with Crippen molar-refractivity contribution in [2.24, 2.45) is 5.41 Å². The quantitative estimate of drug-likeness (QED) is 0.799. The van der Waals surface area contributed by atoms with Crippen LogP contribution in [0.25, 0.3) is 0 Å². The van der Waals surface area contributed by atoms with Gasteiger partial charge in [-0.25, -0.2) is 0 Å². The molecule has 134 valence electrons. The summed E-state index contributed by atoms with van der Waals surface area (Å²) in [7, 11) is 4.55. The molecule has 2 N–H and O–H groups in total. The van der Waals surface area contributed by atoms with Crippen LogP contribution in [-0.4, -0.2) is 45.5 Å². The highest BCUT2D eigenvalue weighted by Crippen LogP contribution is 2.38. The zero-order valence-corrected chi connectivity index (χ0v) is 14.7. The van der Waals surface area contributed by atoms with Gasteiger partial charge in [-0.1, -0.05) is 19.3 Å². The summed E-state index contributed by atoms with van der Waals surface area (Å²) < 4.78 is 15.8. The van der Waals surface area contributed by atoms with E-state index in [4.69, 9.17) is 14.2 Å². The molecule has 1 amide bonds. The number of benzene rings is 1. The third-order valence-corrected chi connectivity index (χ3v) is 4.80. The Labute approximate surface area is 143 Å². The largest absolute Gasteiger partial charge is 0.493 e. The van der Waals surface area contributed by atoms with Crippen molar-refractivity contribution in [3.63, 3.8) is 0 Å². The van der Waals surface area contributed by atoms with E-state index in [1.54, 1.807) is 12.1 Å². The van der Waals surface area contributed by atoms with Gasteiger partial charge in [-0.2, -0.15) is 0 Å². The van der Waals surface area contributed by atoms with E-state index in [0.29, 0.717) is 29.4 Å². The van der Waals surface area contributed by atoms with Gasteiger partial charge < -0.3 is 24.6 Å². The summed E-state index contributed by atoms with van der Waals surface area (Å²) in [4.78, 5) is 12.5. The van der Waals surface area contributed by atoms with E-state index in [0.717, 1.165) is 25.7 Å². The van der Waals surface area contributed by atoms with Crippen LogP contribution in [0.3, 0.4) is 0 Å². The van der Waals surface area contributed by atoms with Crippen molar-refractivity contribution in [1.82, 2.24) is 5.32 Å². The highest BCUT2D eigenvalue weighted by molar-refractivity contribution is 5.95. The van der Waals surface area contributed by atoms with Gasteiger partial charge in [0.25, 0.3) is 5.91 Å². The van der Waals surface area contributed by atoms with Crippen LogP contribution in [0.1, 0.15) is 42.5 Å². The number of aliphatic hydroxyl groups is 1. The molecule has 0 heterocycles. The molecule has 0 saturated heterocycles. The highest BCUT2D eigenvalue weighted by Gasteiger charge is 2.32. The Bertz CT molecular complexity index is 542. The number of hydrogen-bond donors (Lipinski definition) is 2. The number of ether oxygens (including phenoxy) is 3. The molecular formula is C18H27NO5. The molecule has 1 aromatic rings.